The summed E-state index contributed by atoms with van der Waals surface area (Å²) in [6.45, 7) is 2.07. The molecule has 2 saturated heterocycles. The number of nitrogens with zero attached hydrogens (tertiary/aromatic N) is 2. The molecule has 0 radical (unpaired) electrons. The standard InChI is InChI=1S/C24H26ClN3O4/c1-32-21-11-8-17(25)15-19(21)24(31)28-14-4-5-20(28)22(29)26-18-9-6-16(7-10-18)23(30)27-12-2-3-13-27/h6-11,15,20H,2-5,12-14H2,1H3,(H,26,29). The topological polar surface area (TPSA) is 79.0 Å². The molecule has 168 valence electrons. The van der Waals surface area contributed by atoms with Crippen molar-refractivity contribution in [2.24, 2.45) is 0 Å². The number of carbonyl (C=O) groups is 3. The lowest BCUT2D eigenvalue weighted by Crippen LogP contribution is -2.43. The van der Waals surface area contributed by atoms with Gasteiger partial charge >= 0.3 is 0 Å². The van der Waals surface area contributed by atoms with E-state index in [1.54, 1.807) is 47.4 Å². The fourth-order valence-electron chi connectivity index (χ4n) is 4.31. The number of anilines is 1. The zero-order chi connectivity index (χ0) is 22.7. The van der Waals surface area contributed by atoms with E-state index in [1.165, 1.54) is 7.11 Å². The van der Waals surface area contributed by atoms with Gasteiger partial charge in [0.05, 0.1) is 12.7 Å². The number of nitrogens with one attached hydrogen (secondary N) is 1. The molecule has 1 atom stereocenters. The molecule has 0 saturated carbocycles. The number of likely N-dealkylation sites (tertiary alicyclic amines) is 2. The Morgan fingerprint density at radius 1 is 0.969 bits per heavy atom. The van der Waals surface area contributed by atoms with Crippen LogP contribution in [0.5, 0.6) is 5.75 Å². The van der Waals surface area contributed by atoms with Crippen molar-refractivity contribution < 1.29 is 19.1 Å². The number of halogens is 1. The van der Waals surface area contributed by atoms with Gasteiger partial charge in [0.15, 0.2) is 0 Å². The highest BCUT2D eigenvalue weighted by Crippen LogP contribution is 2.28. The zero-order valence-corrected chi connectivity index (χ0v) is 18.7. The number of carbonyl (C=O) groups excluding carboxylic acids is 3. The van der Waals surface area contributed by atoms with Crippen LogP contribution in [0.2, 0.25) is 5.02 Å². The maximum atomic E-state index is 13.2. The van der Waals surface area contributed by atoms with Crippen LogP contribution in [0.3, 0.4) is 0 Å². The van der Waals surface area contributed by atoms with E-state index >= 15 is 0 Å². The molecule has 0 spiro atoms. The second-order valence-corrected chi connectivity index (χ2v) is 8.50. The van der Waals surface area contributed by atoms with Gasteiger partial charge in [0.1, 0.15) is 11.8 Å². The van der Waals surface area contributed by atoms with E-state index in [0.29, 0.717) is 40.6 Å². The summed E-state index contributed by atoms with van der Waals surface area (Å²) in [6.07, 6.45) is 3.39. The summed E-state index contributed by atoms with van der Waals surface area (Å²) in [7, 11) is 1.49. The van der Waals surface area contributed by atoms with Crippen LogP contribution in [0.4, 0.5) is 5.69 Å². The molecule has 4 rings (SSSR count). The maximum absolute atomic E-state index is 13.2. The lowest BCUT2D eigenvalue weighted by molar-refractivity contribution is -0.119. The molecule has 3 amide bonds. The van der Waals surface area contributed by atoms with E-state index in [4.69, 9.17) is 16.3 Å². The molecule has 7 nitrogen and oxygen atoms in total. The van der Waals surface area contributed by atoms with Gasteiger partial charge in [-0.15, -0.1) is 0 Å². The first-order valence-electron chi connectivity index (χ1n) is 10.8. The lowest BCUT2D eigenvalue weighted by Gasteiger charge is -2.25. The summed E-state index contributed by atoms with van der Waals surface area (Å²) < 4.78 is 5.30. The molecule has 0 aliphatic carbocycles. The zero-order valence-electron chi connectivity index (χ0n) is 18.0. The second kappa shape index (κ2) is 9.61. The number of rotatable bonds is 5. The first-order chi connectivity index (χ1) is 15.5. The monoisotopic (exact) mass is 455 g/mol. The number of methoxy groups -OCH3 is 1. The molecular formula is C24H26ClN3O4. The SMILES string of the molecule is COc1ccc(Cl)cc1C(=O)N1CCCC1C(=O)Nc1ccc(C(=O)N2CCCC2)cc1. The van der Waals surface area contributed by atoms with Crippen LogP contribution < -0.4 is 10.1 Å². The third kappa shape index (κ3) is 4.58. The van der Waals surface area contributed by atoms with Gasteiger partial charge in [-0.1, -0.05) is 11.6 Å². The minimum atomic E-state index is -0.586. The second-order valence-electron chi connectivity index (χ2n) is 8.07. The molecule has 2 aliphatic heterocycles. The van der Waals surface area contributed by atoms with Crippen LogP contribution in [0.25, 0.3) is 0 Å². The Kier molecular flexibility index (Phi) is 6.65. The molecular weight excluding hydrogens is 430 g/mol. The number of hydrogen-bond acceptors (Lipinski definition) is 4. The number of benzene rings is 2. The van der Waals surface area contributed by atoms with Crippen molar-refractivity contribution in [2.75, 3.05) is 32.1 Å². The van der Waals surface area contributed by atoms with E-state index in [-0.39, 0.29) is 17.7 Å². The highest BCUT2D eigenvalue weighted by molar-refractivity contribution is 6.31. The minimum absolute atomic E-state index is 0.0170. The van der Waals surface area contributed by atoms with Gasteiger partial charge in [0.25, 0.3) is 11.8 Å². The highest BCUT2D eigenvalue weighted by atomic mass is 35.5. The van der Waals surface area contributed by atoms with Gasteiger partial charge in [-0.3, -0.25) is 14.4 Å². The van der Waals surface area contributed by atoms with Gasteiger partial charge in [0.2, 0.25) is 5.91 Å². The van der Waals surface area contributed by atoms with Gasteiger partial charge in [0, 0.05) is 35.9 Å². The first-order valence-corrected chi connectivity index (χ1v) is 11.2. The summed E-state index contributed by atoms with van der Waals surface area (Å²) in [5.41, 5.74) is 1.53. The molecule has 2 aromatic rings. The van der Waals surface area contributed by atoms with Crippen LogP contribution in [0.1, 0.15) is 46.4 Å². The van der Waals surface area contributed by atoms with Crippen molar-refractivity contribution in [1.82, 2.24) is 9.80 Å². The summed E-state index contributed by atoms with van der Waals surface area (Å²) in [5.74, 6) is -0.101. The van der Waals surface area contributed by atoms with E-state index < -0.39 is 6.04 Å². The van der Waals surface area contributed by atoms with Crippen molar-refractivity contribution in [2.45, 2.75) is 31.7 Å². The third-order valence-electron chi connectivity index (χ3n) is 6.00. The largest absolute Gasteiger partial charge is 0.496 e. The molecule has 1 unspecified atom stereocenters. The predicted molar refractivity (Wildman–Crippen MR) is 122 cm³/mol. The highest BCUT2D eigenvalue weighted by Gasteiger charge is 2.35. The van der Waals surface area contributed by atoms with Gasteiger partial charge in [-0.25, -0.2) is 0 Å². The molecule has 32 heavy (non-hydrogen) atoms. The van der Waals surface area contributed by atoms with Crippen LogP contribution in [0, 0.1) is 0 Å². The normalized spacial score (nSPS) is 18.0. The Morgan fingerprint density at radius 3 is 2.38 bits per heavy atom. The summed E-state index contributed by atoms with van der Waals surface area (Å²) in [4.78, 5) is 42.0. The fraction of sp³-hybridized carbons (Fsp3) is 0.375. The smallest absolute Gasteiger partial charge is 0.258 e. The number of hydrogen-bond donors (Lipinski definition) is 1. The van der Waals surface area contributed by atoms with Crippen LogP contribution in [-0.2, 0) is 4.79 Å². The summed E-state index contributed by atoms with van der Waals surface area (Å²) in [5, 5.41) is 3.31. The molecule has 2 fully saturated rings. The average molecular weight is 456 g/mol. The molecule has 0 bridgehead atoms. The first kappa shape index (κ1) is 22.1. The fourth-order valence-corrected chi connectivity index (χ4v) is 4.48. The third-order valence-corrected chi connectivity index (χ3v) is 6.24. The van der Waals surface area contributed by atoms with E-state index in [0.717, 1.165) is 32.4 Å². The van der Waals surface area contributed by atoms with E-state index in [2.05, 4.69) is 5.32 Å². The Bertz CT molecular complexity index is 1020. The van der Waals surface area contributed by atoms with Crippen molar-refractivity contribution in [3.63, 3.8) is 0 Å². The van der Waals surface area contributed by atoms with Crippen molar-refractivity contribution >= 4 is 35.0 Å². The molecule has 2 heterocycles. The van der Waals surface area contributed by atoms with E-state index in [9.17, 15) is 14.4 Å². The molecule has 2 aromatic carbocycles. The number of amides is 3. The summed E-state index contributed by atoms with van der Waals surface area (Å²) in [6, 6.07) is 11.2. The Hall–Kier alpha value is -3.06. The van der Waals surface area contributed by atoms with Crippen molar-refractivity contribution in [3.05, 3.63) is 58.6 Å². The van der Waals surface area contributed by atoms with Gasteiger partial charge < -0.3 is 19.9 Å². The maximum Gasteiger partial charge on any atom is 0.258 e. The molecule has 1 N–H and O–H groups in total. The molecule has 0 aromatic heterocycles. The van der Waals surface area contributed by atoms with Crippen LogP contribution in [-0.4, -0.2) is 60.3 Å². The predicted octanol–water partition coefficient (Wildman–Crippen LogP) is 3.83. The Labute approximate surface area is 192 Å². The summed E-state index contributed by atoms with van der Waals surface area (Å²) >= 11 is 6.07. The lowest BCUT2D eigenvalue weighted by atomic mass is 10.1. The van der Waals surface area contributed by atoms with Crippen LogP contribution >= 0.6 is 11.6 Å². The van der Waals surface area contributed by atoms with E-state index in [1.807, 2.05) is 4.90 Å². The number of ether oxygens (including phenoxy) is 1. The quantitative estimate of drug-likeness (QED) is 0.743. The van der Waals surface area contributed by atoms with Gasteiger partial charge in [-0.05, 0) is 68.1 Å². The average Bonchev–Trinajstić information content (AvgIpc) is 3.51. The molecule has 2 aliphatic rings. The minimum Gasteiger partial charge on any atom is -0.496 e. The van der Waals surface area contributed by atoms with Crippen molar-refractivity contribution in [3.8, 4) is 5.75 Å². The van der Waals surface area contributed by atoms with Crippen LogP contribution in [0.15, 0.2) is 42.5 Å². The Balaban J connectivity index is 1.44. The molecule has 8 heteroatoms. The van der Waals surface area contributed by atoms with Gasteiger partial charge in [-0.2, -0.15) is 0 Å². The van der Waals surface area contributed by atoms with Crippen molar-refractivity contribution in [1.29, 1.82) is 0 Å². The Morgan fingerprint density at radius 2 is 1.69 bits per heavy atom.